The van der Waals surface area contributed by atoms with Gasteiger partial charge in [-0.1, -0.05) is 0 Å². The van der Waals surface area contributed by atoms with Crippen LogP contribution in [-0.4, -0.2) is 41.6 Å². The van der Waals surface area contributed by atoms with Crippen molar-refractivity contribution in [1.82, 2.24) is 9.88 Å². The number of hydrogen-bond donors (Lipinski definition) is 1. The van der Waals surface area contributed by atoms with Crippen molar-refractivity contribution >= 4 is 17.5 Å². The molecule has 0 aliphatic carbocycles. The van der Waals surface area contributed by atoms with Gasteiger partial charge in [0.1, 0.15) is 5.69 Å². The third kappa shape index (κ3) is 3.13. The Hall–Kier alpha value is -3.09. The molecule has 1 N–H and O–H groups in total. The van der Waals surface area contributed by atoms with Gasteiger partial charge < -0.3 is 19.7 Å². The summed E-state index contributed by atoms with van der Waals surface area (Å²) in [5, 5.41) is 2.76. The molecule has 1 fully saturated rings. The predicted octanol–water partition coefficient (Wildman–Crippen LogP) is 2.30. The van der Waals surface area contributed by atoms with Crippen molar-refractivity contribution in [3.05, 3.63) is 47.8 Å². The number of ether oxygens (including phenoxy) is 2. The summed E-state index contributed by atoms with van der Waals surface area (Å²) in [5.41, 5.74) is 1.25. The second-order valence-electron chi connectivity index (χ2n) is 5.95. The number of benzene rings is 1. The number of aromatic nitrogens is 1. The van der Waals surface area contributed by atoms with Crippen molar-refractivity contribution in [2.24, 2.45) is 0 Å². The number of likely N-dealkylation sites (tertiary alicyclic amines) is 1. The van der Waals surface area contributed by atoms with Crippen molar-refractivity contribution in [2.45, 2.75) is 12.8 Å². The van der Waals surface area contributed by atoms with Crippen LogP contribution < -0.4 is 14.8 Å². The number of pyridine rings is 1. The number of amides is 2. The first-order chi connectivity index (χ1) is 12.2. The van der Waals surface area contributed by atoms with Gasteiger partial charge >= 0.3 is 0 Å². The van der Waals surface area contributed by atoms with Gasteiger partial charge in [0.05, 0.1) is 0 Å². The predicted molar refractivity (Wildman–Crippen MR) is 89.9 cm³/mol. The number of nitrogens with zero attached hydrogens (tertiary/aromatic N) is 2. The molecule has 1 aromatic carbocycles. The summed E-state index contributed by atoms with van der Waals surface area (Å²) in [6.07, 6.45) is 3.53. The molecule has 7 nitrogen and oxygen atoms in total. The van der Waals surface area contributed by atoms with Crippen LogP contribution in [0.1, 0.15) is 33.7 Å². The van der Waals surface area contributed by atoms with Crippen LogP contribution in [0, 0.1) is 0 Å². The van der Waals surface area contributed by atoms with Crippen LogP contribution in [0.3, 0.4) is 0 Å². The number of rotatable bonds is 3. The molecular weight excluding hydrogens is 322 g/mol. The van der Waals surface area contributed by atoms with E-state index < -0.39 is 0 Å². The molecule has 2 aliphatic rings. The lowest BCUT2D eigenvalue weighted by atomic mass is 10.2. The summed E-state index contributed by atoms with van der Waals surface area (Å²) in [4.78, 5) is 30.8. The Morgan fingerprint density at radius 3 is 2.68 bits per heavy atom. The molecule has 1 saturated heterocycles. The van der Waals surface area contributed by atoms with E-state index >= 15 is 0 Å². The monoisotopic (exact) mass is 339 g/mol. The summed E-state index contributed by atoms with van der Waals surface area (Å²) < 4.78 is 10.5. The molecule has 2 aliphatic heterocycles. The highest BCUT2D eigenvalue weighted by Crippen LogP contribution is 2.34. The van der Waals surface area contributed by atoms with E-state index in [4.69, 9.17) is 9.47 Å². The lowest BCUT2D eigenvalue weighted by molar-refractivity contribution is 0.0792. The van der Waals surface area contributed by atoms with Crippen molar-refractivity contribution in [2.75, 3.05) is 25.2 Å². The molecule has 128 valence electrons. The highest BCUT2D eigenvalue weighted by Gasteiger charge is 2.21. The van der Waals surface area contributed by atoms with E-state index in [1.807, 2.05) is 0 Å². The van der Waals surface area contributed by atoms with Crippen LogP contribution in [0.2, 0.25) is 0 Å². The summed E-state index contributed by atoms with van der Waals surface area (Å²) in [7, 11) is 0. The number of hydrogen-bond acceptors (Lipinski definition) is 5. The van der Waals surface area contributed by atoms with Crippen molar-refractivity contribution in [1.29, 1.82) is 0 Å². The molecule has 25 heavy (non-hydrogen) atoms. The van der Waals surface area contributed by atoms with Crippen molar-refractivity contribution < 1.29 is 19.1 Å². The maximum Gasteiger partial charge on any atom is 0.274 e. The fraction of sp³-hybridized carbons (Fsp3) is 0.278. The molecule has 4 rings (SSSR count). The number of fused-ring (bicyclic) bond motifs is 1. The first kappa shape index (κ1) is 15.4. The molecule has 0 spiro atoms. The molecular formula is C18H17N3O4. The maximum absolute atomic E-state index is 12.4. The van der Waals surface area contributed by atoms with Gasteiger partial charge in [0.15, 0.2) is 11.5 Å². The fourth-order valence-electron chi connectivity index (χ4n) is 2.96. The van der Waals surface area contributed by atoms with Crippen molar-refractivity contribution in [3.8, 4) is 11.5 Å². The second kappa shape index (κ2) is 6.43. The fourth-order valence-corrected chi connectivity index (χ4v) is 2.96. The first-order valence-electron chi connectivity index (χ1n) is 8.17. The van der Waals surface area contributed by atoms with Gasteiger partial charge in [-0.15, -0.1) is 0 Å². The topological polar surface area (TPSA) is 80.8 Å². The second-order valence-corrected chi connectivity index (χ2v) is 5.95. The minimum atomic E-state index is -0.380. The lowest BCUT2D eigenvalue weighted by Gasteiger charge is -2.15. The largest absolute Gasteiger partial charge is 0.454 e. The van der Waals surface area contributed by atoms with Gasteiger partial charge in [-0.2, -0.15) is 0 Å². The lowest BCUT2D eigenvalue weighted by Crippen LogP contribution is -2.28. The van der Waals surface area contributed by atoms with E-state index in [1.165, 1.54) is 12.3 Å². The molecule has 0 unspecified atom stereocenters. The SMILES string of the molecule is O=C(Nc1ccc2c(c1)OCO2)c1cc(C(=O)N2CCCC2)ccn1. The minimum Gasteiger partial charge on any atom is -0.454 e. The Bertz CT molecular complexity index is 831. The average molecular weight is 339 g/mol. The summed E-state index contributed by atoms with van der Waals surface area (Å²) in [5.74, 6) is 0.796. The third-order valence-corrected chi connectivity index (χ3v) is 4.26. The standard InChI is InChI=1S/C18H17N3O4/c22-17(20-13-3-4-15-16(10-13)25-11-24-15)14-9-12(5-6-19-14)18(23)21-7-1-2-8-21/h3-6,9-10H,1-2,7-8,11H2,(H,20,22). The van der Waals surface area contributed by atoms with Gasteiger partial charge in [-0.3, -0.25) is 14.6 Å². The highest BCUT2D eigenvalue weighted by molar-refractivity contribution is 6.05. The molecule has 2 aromatic rings. The van der Waals surface area contributed by atoms with Gasteiger partial charge in [-0.05, 0) is 37.1 Å². The van der Waals surface area contributed by atoms with Gasteiger partial charge in [0.25, 0.3) is 11.8 Å². The number of nitrogens with one attached hydrogen (secondary N) is 1. The molecule has 3 heterocycles. The van der Waals surface area contributed by atoms with Crippen LogP contribution in [0.5, 0.6) is 11.5 Å². The van der Waals surface area contributed by atoms with Crippen LogP contribution in [0.25, 0.3) is 0 Å². The summed E-state index contributed by atoms with van der Waals surface area (Å²) in [6.45, 7) is 1.70. The Balaban J connectivity index is 1.50. The molecule has 0 atom stereocenters. The van der Waals surface area contributed by atoms with Crippen LogP contribution in [-0.2, 0) is 0 Å². The van der Waals surface area contributed by atoms with Crippen LogP contribution in [0.4, 0.5) is 5.69 Å². The molecule has 0 bridgehead atoms. The Kier molecular flexibility index (Phi) is 3.97. The van der Waals surface area contributed by atoms with Gasteiger partial charge in [0.2, 0.25) is 6.79 Å². The van der Waals surface area contributed by atoms with Gasteiger partial charge in [0, 0.05) is 36.6 Å². The van der Waals surface area contributed by atoms with Crippen LogP contribution in [0.15, 0.2) is 36.5 Å². The van der Waals surface area contributed by atoms with Crippen LogP contribution >= 0.6 is 0 Å². The van der Waals surface area contributed by atoms with E-state index in [1.54, 1.807) is 29.2 Å². The first-order valence-corrected chi connectivity index (χ1v) is 8.17. The molecule has 7 heteroatoms. The highest BCUT2D eigenvalue weighted by atomic mass is 16.7. The third-order valence-electron chi connectivity index (χ3n) is 4.26. The quantitative estimate of drug-likeness (QED) is 0.928. The average Bonchev–Trinajstić information content (AvgIpc) is 3.32. The van der Waals surface area contributed by atoms with Gasteiger partial charge in [-0.25, -0.2) is 0 Å². The smallest absolute Gasteiger partial charge is 0.274 e. The normalized spacial score (nSPS) is 15.3. The van der Waals surface area contributed by atoms with Crippen molar-refractivity contribution in [3.63, 3.8) is 0 Å². The number of anilines is 1. The summed E-state index contributed by atoms with van der Waals surface area (Å²) in [6, 6.07) is 8.32. The molecule has 0 radical (unpaired) electrons. The Morgan fingerprint density at radius 1 is 1.04 bits per heavy atom. The van der Waals surface area contributed by atoms with E-state index in [-0.39, 0.29) is 24.3 Å². The maximum atomic E-state index is 12.4. The Labute approximate surface area is 144 Å². The molecule has 0 saturated carbocycles. The molecule has 1 aromatic heterocycles. The molecule has 2 amide bonds. The zero-order chi connectivity index (χ0) is 17.2. The van der Waals surface area contributed by atoms with E-state index in [9.17, 15) is 9.59 Å². The van der Waals surface area contributed by atoms with E-state index in [0.717, 1.165) is 25.9 Å². The minimum absolute atomic E-state index is 0.0583. The van der Waals surface area contributed by atoms with E-state index in [2.05, 4.69) is 10.3 Å². The zero-order valence-electron chi connectivity index (χ0n) is 13.5. The summed E-state index contributed by atoms with van der Waals surface area (Å²) >= 11 is 0. The zero-order valence-corrected chi connectivity index (χ0v) is 13.5. The Morgan fingerprint density at radius 2 is 1.84 bits per heavy atom. The number of carbonyl (C=O) groups excluding carboxylic acids is 2. The van der Waals surface area contributed by atoms with E-state index in [0.29, 0.717) is 22.7 Å². The number of carbonyl (C=O) groups is 2.